The van der Waals surface area contributed by atoms with Gasteiger partial charge in [0.2, 0.25) is 0 Å². The summed E-state index contributed by atoms with van der Waals surface area (Å²) in [5.74, 6) is 7.26. The summed E-state index contributed by atoms with van der Waals surface area (Å²) in [4.78, 5) is 4.47. The summed E-state index contributed by atoms with van der Waals surface area (Å²) in [7, 11) is 0. The molecular weight excluding hydrogens is 778 g/mol. The molecule has 0 saturated carbocycles. The molecule has 7 nitrogen and oxygen atoms in total. The van der Waals surface area contributed by atoms with Crippen LogP contribution in [0.2, 0.25) is 0 Å². The number of rotatable bonds is 6. The fourth-order valence-corrected chi connectivity index (χ4v) is 10.2. The van der Waals surface area contributed by atoms with Crippen LogP contribution >= 0.6 is 0 Å². The number of anilines is 6. The van der Waals surface area contributed by atoms with E-state index in [4.69, 9.17) is 23.7 Å². The smallest absolute Gasteiger partial charge is 0.265 e. The molecule has 0 radical (unpaired) electrons. The van der Waals surface area contributed by atoms with Gasteiger partial charge in [0.05, 0.1) is 11.4 Å². The molecule has 5 aliphatic rings. The van der Waals surface area contributed by atoms with Gasteiger partial charge in [-0.3, -0.25) is 0 Å². The largest absolute Gasteiger partial charge is 0.458 e. The highest BCUT2D eigenvalue weighted by molar-refractivity contribution is 7.01. The van der Waals surface area contributed by atoms with Crippen LogP contribution in [0.15, 0.2) is 194 Å². The van der Waals surface area contributed by atoms with Gasteiger partial charge in [-0.15, -0.1) is 0 Å². The summed E-state index contributed by atoms with van der Waals surface area (Å²) in [6, 6.07) is 66.6. The van der Waals surface area contributed by atoms with E-state index in [1.165, 1.54) is 0 Å². The normalized spacial score (nSPS) is 13.3. The summed E-state index contributed by atoms with van der Waals surface area (Å²) in [5, 5.41) is 0. The van der Waals surface area contributed by atoms with E-state index in [0.717, 1.165) is 113 Å². The Hall–Kier alpha value is -8.29. The average molecular weight is 810 g/mol. The standard InChI is InChI=1S/C54H32B2N2O5/c1-5-15-33(16-6-1)57(34-17-7-2-8-18-34)37-27-47-53-49(29-37)62-45-32-46-40-31-39(45)55(53)51-41(23-13-25-43(51)60-47)59-42-24-14-26-44-52(42)56(40)54-48(61-44)28-38(30-50(54)63-46)58(35-19-9-3-10-20-35)36-21-11-4-12-22-36/h1-32H. The summed E-state index contributed by atoms with van der Waals surface area (Å²) in [6.45, 7) is -0.504. The third-order valence-corrected chi connectivity index (χ3v) is 12.8. The maximum Gasteiger partial charge on any atom is 0.265 e. The second kappa shape index (κ2) is 13.1. The molecule has 0 unspecified atom stereocenters. The monoisotopic (exact) mass is 810 g/mol. The molecule has 9 aromatic rings. The van der Waals surface area contributed by atoms with Gasteiger partial charge in [-0.25, -0.2) is 0 Å². The average Bonchev–Trinajstić information content (AvgIpc) is 3.32. The van der Waals surface area contributed by atoms with Crippen LogP contribution in [0.1, 0.15) is 0 Å². The van der Waals surface area contributed by atoms with Crippen molar-refractivity contribution in [3.8, 4) is 57.5 Å². The predicted octanol–water partition coefficient (Wildman–Crippen LogP) is 10.2. The van der Waals surface area contributed by atoms with Gasteiger partial charge in [0.15, 0.2) is 0 Å². The van der Waals surface area contributed by atoms with E-state index in [9.17, 15) is 0 Å². The molecule has 0 fully saturated rings. The van der Waals surface area contributed by atoms with Crippen molar-refractivity contribution in [3.05, 3.63) is 194 Å². The Kier molecular flexibility index (Phi) is 7.16. The van der Waals surface area contributed by atoms with Gasteiger partial charge in [0.25, 0.3) is 13.4 Å². The Morgan fingerprint density at radius 3 is 0.857 bits per heavy atom. The summed E-state index contributed by atoms with van der Waals surface area (Å²) in [5.41, 5.74) is 11.8. The first-order valence-electron chi connectivity index (χ1n) is 21.2. The second-order valence-electron chi connectivity index (χ2n) is 16.4. The minimum Gasteiger partial charge on any atom is -0.458 e. The Balaban J connectivity index is 0.996. The van der Waals surface area contributed by atoms with Crippen LogP contribution < -0.4 is 66.3 Å². The van der Waals surface area contributed by atoms with E-state index in [-0.39, 0.29) is 13.4 Å². The minimum atomic E-state index is -0.252. The van der Waals surface area contributed by atoms with Gasteiger partial charge in [-0.1, -0.05) is 91.0 Å². The molecule has 5 aliphatic heterocycles. The van der Waals surface area contributed by atoms with Gasteiger partial charge in [-0.05, 0) is 83.7 Å². The minimum absolute atomic E-state index is 0.252. The van der Waals surface area contributed by atoms with E-state index < -0.39 is 0 Å². The zero-order chi connectivity index (χ0) is 41.2. The van der Waals surface area contributed by atoms with Crippen LogP contribution in [-0.4, -0.2) is 13.4 Å². The zero-order valence-electron chi connectivity index (χ0n) is 33.6. The van der Waals surface area contributed by atoms with Crippen LogP contribution in [-0.2, 0) is 0 Å². The molecule has 9 heteroatoms. The first-order valence-corrected chi connectivity index (χ1v) is 21.2. The van der Waals surface area contributed by atoms with Crippen molar-refractivity contribution >= 4 is 80.3 Å². The SMILES string of the molecule is c1ccc(N(c2ccccc2)c2cc3c4c(c2)Oc2cccc5c2B4c2cc4c(cc2O3)Oc2cc(N(c3ccccc3)c3ccccc3)cc3c2B4c2c(cccc2O5)O3)cc1. The maximum absolute atomic E-state index is 7.14. The van der Waals surface area contributed by atoms with Crippen molar-refractivity contribution in [3.63, 3.8) is 0 Å². The molecule has 0 spiro atoms. The highest BCUT2D eigenvalue weighted by atomic mass is 16.5. The molecular formula is C54H32B2N2O5. The van der Waals surface area contributed by atoms with Crippen LogP contribution in [0.3, 0.4) is 0 Å². The molecule has 5 heterocycles. The fraction of sp³-hybridized carbons (Fsp3) is 0. The lowest BCUT2D eigenvalue weighted by Crippen LogP contribution is -2.62. The number of hydrogen-bond donors (Lipinski definition) is 0. The summed E-state index contributed by atoms with van der Waals surface area (Å²) < 4.78 is 35.2. The molecule has 0 saturated heterocycles. The fourth-order valence-electron chi connectivity index (χ4n) is 10.2. The highest BCUT2D eigenvalue weighted by Crippen LogP contribution is 2.47. The van der Waals surface area contributed by atoms with E-state index in [0.29, 0.717) is 11.5 Å². The Labute approximate surface area is 364 Å². The van der Waals surface area contributed by atoms with E-state index in [1.54, 1.807) is 0 Å². The van der Waals surface area contributed by atoms with Gasteiger partial charge in [0, 0.05) is 74.9 Å². The summed E-state index contributed by atoms with van der Waals surface area (Å²) >= 11 is 0. The molecule has 14 rings (SSSR count). The van der Waals surface area contributed by atoms with E-state index in [1.807, 2.05) is 60.7 Å². The number of para-hydroxylation sites is 4. The van der Waals surface area contributed by atoms with Crippen molar-refractivity contribution in [2.75, 3.05) is 9.80 Å². The van der Waals surface area contributed by atoms with Crippen LogP contribution in [0.25, 0.3) is 0 Å². The first kappa shape index (κ1) is 34.4. The molecule has 0 aliphatic carbocycles. The van der Waals surface area contributed by atoms with Crippen LogP contribution in [0, 0.1) is 0 Å². The highest BCUT2D eigenvalue weighted by Gasteiger charge is 2.48. The Bertz CT molecular complexity index is 3050. The molecule has 0 atom stereocenters. The first-order chi connectivity index (χ1) is 31.2. The number of hydrogen-bond acceptors (Lipinski definition) is 7. The van der Waals surface area contributed by atoms with Crippen molar-refractivity contribution in [1.29, 1.82) is 0 Å². The molecule has 0 N–H and O–H groups in total. The van der Waals surface area contributed by atoms with Crippen LogP contribution in [0.4, 0.5) is 34.1 Å². The topological polar surface area (TPSA) is 52.6 Å². The molecule has 63 heavy (non-hydrogen) atoms. The lowest BCUT2D eigenvalue weighted by atomic mass is 9.31. The third kappa shape index (κ3) is 5.11. The predicted molar refractivity (Wildman–Crippen MR) is 251 cm³/mol. The third-order valence-electron chi connectivity index (χ3n) is 12.8. The molecule has 0 aromatic heterocycles. The Morgan fingerprint density at radius 1 is 0.238 bits per heavy atom. The number of nitrogens with zero attached hydrogens (tertiary/aromatic N) is 2. The van der Waals surface area contributed by atoms with E-state index >= 15 is 0 Å². The van der Waals surface area contributed by atoms with Gasteiger partial charge < -0.3 is 33.5 Å². The van der Waals surface area contributed by atoms with Crippen molar-refractivity contribution in [2.45, 2.75) is 0 Å². The second-order valence-corrected chi connectivity index (χ2v) is 16.4. The van der Waals surface area contributed by atoms with Gasteiger partial charge in [0.1, 0.15) is 57.5 Å². The molecule has 9 aromatic carbocycles. The number of benzene rings is 9. The molecule has 0 amide bonds. The lowest BCUT2D eigenvalue weighted by Gasteiger charge is -2.39. The quantitative estimate of drug-likeness (QED) is 0.155. The number of ether oxygens (including phenoxy) is 5. The van der Waals surface area contributed by atoms with Crippen molar-refractivity contribution < 1.29 is 23.7 Å². The summed E-state index contributed by atoms with van der Waals surface area (Å²) in [6.07, 6.45) is 0. The van der Waals surface area contributed by atoms with Crippen molar-refractivity contribution in [2.24, 2.45) is 0 Å². The lowest BCUT2D eigenvalue weighted by molar-refractivity contribution is 0.444. The van der Waals surface area contributed by atoms with E-state index in [2.05, 4.69) is 143 Å². The maximum atomic E-state index is 7.14. The van der Waals surface area contributed by atoms with Gasteiger partial charge in [-0.2, -0.15) is 0 Å². The van der Waals surface area contributed by atoms with Crippen LogP contribution in [0.5, 0.6) is 57.5 Å². The molecule has 2 bridgehead atoms. The van der Waals surface area contributed by atoms with Crippen molar-refractivity contribution in [1.82, 2.24) is 0 Å². The Morgan fingerprint density at radius 2 is 0.524 bits per heavy atom. The van der Waals surface area contributed by atoms with Gasteiger partial charge >= 0.3 is 0 Å². The molecule has 294 valence electrons. The zero-order valence-corrected chi connectivity index (χ0v) is 33.6.